The van der Waals surface area contributed by atoms with Crippen molar-refractivity contribution in [1.29, 1.82) is 0 Å². The summed E-state index contributed by atoms with van der Waals surface area (Å²) in [4.78, 5) is 132. The number of rotatable bonds is 26. The van der Waals surface area contributed by atoms with Crippen LogP contribution in [0.15, 0.2) is 28.4 Å². The van der Waals surface area contributed by atoms with Gasteiger partial charge in [-0.05, 0) is 45.4 Å². The van der Waals surface area contributed by atoms with Crippen LogP contribution in [0.2, 0.25) is 0 Å². The van der Waals surface area contributed by atoms with E-state index in [1.807, 2.05) is 0 Å². The molecule has 1 aliphatic rings. The van der Waals surface area contributed by atoms with Crippen molar-refractivity contribution >= 4 is 59.5 Å². The van der Waals surface area contributed by atoms with Gasteiger partial charge in [-0.25, -0.2) is 24.4 Å². The van der Waals surface area contributed by atoms with Crippen molar-refractivity contribution < 1.29 is 48.6 Å². The van der Waals surface area contributed by atoms with Crippen molar-refractivity contribution in [2.45, 2.75) is 101 Å². The number of aromatic nitrogens is 4. The number of aryl methyl sites for hydroxylation is 1. The number of aliphatic imine (C=N–C) groups is 1. The molecular formula is C37H58N16O11. The molecule has 3 heterocycles. The number of primary amides is 1. The summed E-state index contributed by atoms with van der Waals surface area (Å²) in [5, 5.41) is 37.1. The van der Waals surface area contributed by atoms with Crippen LogP contribution in [-0.4, -0.2) is 152 Å². The number of likely N-dealkylation sites (tertiary alicyclic amines) is 1. The molecule has 64 heavy (non-hydrogen) atoms. The van der Waals surface area contributed by atoms with E-state index in [9.17, 15) is 53.4 Å². The molecule has 3 rings (SSSR count). The fourth-order valence-corrected chi connectivity index (χ4v) is 6.45. The van der Waals surface area contributed by atoms with E-state index in [0.29, 0.717) is 50.2 Å². The number of carbonyl (C=O) groups excluding carboxylic acids is 7. The first kappa shape index (κ1) is 51.0. The zero-order valence-electron chi connectivity index (χ0n) is 35.3. The maximum atomic E-state index is 13.7. The number of aromatic amines is 2. The van der Waals surface area contributed by atoms with Crippen molar-refractivity contribution in [1.82, 2.24) is 56.7 Å². The van der Waals surface area contributed by atoms with E-state index < -0.39 is 90.8 Å². The molecule has 0 aromatic carbocycles. The largest absolute Gasteiger partial charge is 0.480 e. The second-order valence-corrected chi connectivity index (χ2v) is 14.8. The third kappa shape index (κ3) is 18.0. The fraction of sp³-hybridized carbons (Fsp3) is 0.568. The number of nitrogens with zero attached hydrogens (tertiary/aromatic N) is 4. The topological polar surface area (TPSA) is 429 Å². The second kappa shape index (κ2) is 26.2. The Balaban J connectivity index is 1.56. The number of hydrogen-bond donors (Lipinski definition) is 14. The van der Waals surface area contributed by atoms with E-state index in [-0.39, 0.29) is 49.8 Å². The average Bonchev–Trinajstić information content (AvgIpc) is 3.94. The molecule has 352 valence electrons. The van der Waals surface area contributed by atoms with Gasteiger partial charge in [0.15, 0.2) is 5.96 Å². The highest BCUT2D eigenvalue weighted by Crippen LogP contribution is 2.18. The Morgan fingerprint density at radius 2 is 1.55 bits per heavy atom. The number of carboxylic acid groups (broad SMARTS) is 1. The summed E-state index contributed by atoms with van der Waals surface area (Å²) in [5.41, 5.74) is 16.3. The molecule has 0 radical (unpaired) electrons. The van der Waals surface area contributed by atoms with Crippen LogP contribution in [0.3, 0.4) is 0 Å². The van der Waals surface area contributed by atoms with E-state index in [4.69, 9.17) is 17.2 Å². The van der Waals surface area contributed by atoms with Gasteiger partial charge in [-0.1, -0.05) is 12.8 Å². The Morgan fingerprint density at radius 1 is 0.891 bits per heavy atom. The Kier molecular flexibility index (Phi) is 20.9. The van der Waals surface area contributed by atoms with Crippen molar-refractivity contribution in [3.8, 4) is 0 Å². The summed E-state index contributed by atoms with van der Waals surface area (Å²) in [6, 6.07) is -6.85. The summed E-state index contributed by atoms with van der Waals surface area (Å²) < 4.78 is 0. The summed E-state index contributed by atoms with van der Waals surface area (Å²) in [6.07, 6.45) is 5.36. The summed E-state index contributed by atoms with van der Waals surface area (Å²) in [7, 11) is 0. The van der Waals surface area contributed by atoms with Crippen LogP contribution < -0.4 is 60.0 Å². The highest BCUT2D eigenvalue weighted by Gasteiger charge is 2.37. The lowest BCUT2D eigenvalue weighted by Gasteiger charge is -2.27. The van der Waals surface area contributed by atoms with Crippen molar-refractivity contribution in [3.05, 3.63) is 40.3 Å². The number of aliphatic carboxylic acids is 1. The van der Waals surface area contributed by atoms with Crippen molar-refractivity contribution in [2.75, 3.05) is 38.1 Å². The first-order valence-corrected chi connectivity index (χ1v) is 20.5. The first-order valence-electron chi connectivity index (χ1n) is 20.5. The van der Waals surface area contributed by atoms with Gasteiger partial charge in [0.2, 0.25) is 35.5 Å². The van der Waals surface area contributed by atoms with Crippen molar-refractivity contribution in [2.24, 2.45) is 22.2 Å². The number of anilines is 1. The normalized spacial score (nSPS) is 15.0. The quantitative estimate of drug-likeness (QED) is 0.0242. The van der Waals surface area contributed by atoms with Crippen LogP contribution in [0.5, 0.6) is 0 Å². The number of urea groups is 2. The molecule has 0 saturated carbocycles. The molecule has 0 bridgehead atoms. The predicted octanol–water partition coefficient (Wildman–Crippen LogP) is -4.15. The molecule has 1 fully saturated rings. The number of unbranched alkanes of at least 4 members (excludes halogenated alkanes) is 3. The lowest BCUT2D eigenvalue weighted by Crippen LogP contribution is -2.60. The van der Waals surface area contributed by atoms with E-state index in [1.54, 1.807) is 6.92 Å². The zero-order chi connectivity index (χ0) is 47.2. The van der Waals surface area contributed by atoms with Crippen LogP contribution in [0, 0.1) is 6.92 Å². The monoisotopic (exact) mass is 902 g/mol. The molecule has 0 aliphatic carbocycles. The Hall–Kier alpha value is -7.32. The number of hydrogen-bond acceptors (Lipinski definition) is 13. The summed E-state index contributed by atoms with van der Waals surface area (Å²) >= 11 is 0. The highest BCUT2D eigenvalue weighted by molar-refractivity contribution is 5.96. The van der Waals surface area contributed by atoms with E-state index in [0.717, 1.165) is 12.8 Å². The Bertz CT molecular complexity index is 2010. The van der Waals surface area contributed by atoms with Gasteiger partial charge in [0.05, 0.1) is 19.4 Å². The maximum Gasteiger partial charge on any atom is 0.326 e. The van der Waals surface area contributed by atoms with Gasteiger partial charge in [-0.3, -0.25) is 44.1 Å². The smallest absolute Gasteiger partial charge is 0.326 e. The number of H-pyrrole nitrogens is 2. The lowest BCUT2D eigenvalue weighted by atomic mass is 10.1. The first-order chi connectivity index (χ1) is 30.5. The van der Waals surface area contributed by atoms with Gasteiger partial charge in [0, 0.05) is 56.3 Å². The molecular weight excluding hydrogens is 845 g/mol. The van der Waals surface area contributed by atoms with Crippen LogP contribution in [-0.2, 0) is 35.2 Å². The third-order valence-electron chi connectivity index (χ3n) is 9.61. The molecule has 2 aromatic heterocycles. The molecule has 1 aliphatic heterocycles. The fourth-order valence-electron chi connectivity index (χ4n) is 6.45. The third-order valence-corrected chi connectivity index (χ3v) is 9.61. The molecule has 17 N–H and O–H groups in total. The molecule has 27 nitrogen and oxygen atoms in total. The number of carboxylic acids is 1. The zero-order valence-corrected chi connectivity index (χ0v) is 35.3. The summed E-state index contributed by atoms with van der Waals surface area (Å²) in [5.74, 6) is -6.43. The van der Waals surface area contributed by atoms with E-state index in [2.05, 4.69) is 62.1 Å². The SMILES string of the molecule is Cc1cc(=O)[nH]c(NC(=O)NCCCCCCNC(=O)N2CCC[C@@H]2C(=O)N[C@@H](Cc2cnc[nH]2)C(=O)N[C@@H](CO)C(=O)N[C@H](CCCN=C(N)N)C(=O)N[C@@H](CC(N)=O)C(=O)O)n1. The van der Waals surface area contributed by atoms with Gasteiger partial charge >= 0.3 is 18.0 Å². The number of nitrogens with one attached hydrogen (secondary N) is 9. The van der Waals surface area contributed by atoms with Gasteiger partial charge in [-0.15, -0.1) is 0 Å². The van der Waals surface area contributed by atoms with Crippen LogP contribution in [0.25, 0.3) is 0 Å². The molecule has 9 amide bonds. The predicted molar refractivity (Wildman–Crippen MR) is 227 cm³/mol. The average molecular weight is 903 g/mol. The number of guanidine groups is 1. The van der Waals surface area contributed by atoms with Gasteiger partial charge < -0.3 is 69.2 Å². The van der Waals surface area contributed by atoms with Crippen LogP contribution in [0.4, 0.5) is 15.5 Å². The van der Waals surface area contributed by atoms with Crippen LogP contribution >= 0.6 is 0 Å². The number of nitrogens with two attached hydrogens (primary N) is 3. The van der Waals surface area contributed by atoms with Crippen molar-refractivity contribution in [3.63, 3.8) is 0 Å². The van der Waals surface area contributed by atoms with Gasteiger partial charge in [0.25, 0.3) is 5.56 Å². The Labute approximate surface area is 366 Å². The molecule has 27 heteroatoms. The summed E-state index contributed by atoms with van der Waals surface area (Å²) in [6.45, 7) is 1.62. The number of amides is 9. The minimum absolute atomic E-state index is 0.0181. The van der Waals surface area contributed by atoms with Gasteiger partial charge in [-0.2, -0.15) is 0 Å². The van der Waals surface area contributed by atoms with E-state index >= 15 is 0 Å². The number of aliphatic hydroxyl groups is 1. The maximum absolute atomic E-state index is 13.7. The number of imidazole rings is 1. The highest BCUT2D eigenvalue weighted by atomic mass is 16.4. The lowest BCUT2D eigenvalue weighted by molar-refractivity contribution is -0.143. The van der Waals surface area contributed by atoms with Gasteiger partial charge in [0.1, 0.15) is 30.2 Å². The Morgan fingerprint density at radius 3 is 2.17 bits per heavy atom. The van der Waals surface area contributed by atoms with E-state index in [1.165, 1.54) is 23.5 Å². The second-order valence-electron chi connectivity index (χ2n) is 14.8. The van der Waals surface area contributed by atoms with Crippen LogP contribution in [0.1, 0.15) is 69.2 Å². The number of aliphatic hydroxyl groups excluding tert-OH is 1. The molecule has 0 spiro atoms. The number of carbonyl (C=O) groups is 8. The minimum Gasteiger partial charge on any atom is -0.480 e. The molecule has 0 unspecified atom stereocenters. The molecule has 2 aromatic rings. The molecule has 1 saturated heterocycles. The molecule has 5 atom stereocenters. The standard InChI is InChI=1S/C37H58N16O11/c1-20-14-28(56)51-35(46-20)52-36(63)43-10-4-2-3-5-11-44-37(64)53-13-7-9-26(53)32(60)48-23(15-21-17-41-19-45-21)30(58)50-25(18-54)31(59)47-22(8-6-12-42-34(39)40)29(57)49-24(33(61)62)16-27(38)55/h14,17,19,22-26,54H,2-13,15-16,18H2,1H3,(H2,38,55)(H,41,45)(H,44,64)(H,47,59)(H,48,60)(H,49,57)(H,50,58)(H,61,62)(H4,39,40,42)(H3,43,46,51,52,56,63)/t22-,23+,24+,25+,26-/m1/s1. The minimum atomic E-state index is -1.73.